The summed E-state index contributed by atoms with van der Waals surface area (Å²) in [4.78, 5) is 0. The molecule has 2 saturated carbocycles. The van der Waals surface area contributed by atoms with E-state index in [1.54, 1.807) is 13.0 Å². The third kappa shape index (κ3) is 5.41. The lowest BCUT2D eigenvalue weighted by Gasteiger charge is -2.25. The zero-order valence-corrected chi connectivity index (χ0v) is 14.6. The first kappa shape index (κ1) is 18.2. The average Bonchev–Trinajstić information content (AvgIpc) is 3.30. The summed E-state index contributed by atoms with van der Waals surface area (Å²) >= 11 is 0. The van der Waals surface area contributed by atoms with E-state index in [-0.39, 0.29) is 11.5 Å². The number of benzene rings is 1. The van der Waals surface area contributed by atoms with E-state index in [9.17, 15) is 13.2 Å². The predicted molar refractivity (Wildman–Crippen MR) is 90.9 cm³/mol. The molecule has 1 aromatic rings. The summed E-state index contributed by atoms with van der Waals surface area (Å²) in [7, 11) is 0. The van der Waals surface area contributed by atoms with Crippen LogP contribution in [0.3, 0.4) is 0 Å². The molecular formula is C20H25F3O2. The minimum absolute atomic E-state index is 0.184. The number of rotatable bonds is 8. The fourth-order valence-electron chi connectivity index (χ4n) is 3.08. The topological polar surface area (TPSA) is 18.5 Å². The molecule has 0 radical (unpaired) electrons. The molecule has 0 spiro atoms. The molecule has 0 atom stereocenters. The van der Waals surface area contributed by atoms with Gasteiger partial charge in [0.2, 0.25) is 0 Å². The highest BCUT2D eigenvalue weighted by molar-refractivity contribution is 5.50. The van der Waals surface area contributed by atoms with Crippen LogP contribution in [0.1, 0.15) is 49.7 Å². The number of hydrogen-bond acceptors (Lipinski definition) is 2. The van der Waals surface area contributed by atoms with Gasteiger partial charge in [0, 0.05) is 0 Å². The molecule has 0 bridgehead atoms. The number of allylic oxidation sites excluding steroid dienone is 2. The van der Waals surface area contributed by atoms with Crippen molar-refractivity contribution in [2.75, 3.05) is 6.61 Å². The van der Waals surface area contributed by atoms with Gasteiger partial charge in [-0.1, -0.05) is 37.5 Å². The third-order valence-electron chi connectivity index (χ3n) is 5.08. The highest BCUT2D eigenvalue weighted by Gasteiger charge is 2.34. The van der Waals surface area contributed by atoms with Gasteiger partial charge in [-0.25, -0.2) is 0 Å². The first-order valence-electron chi connectivity index (χ1n) is 9.10. The van der Waals surface area contributed by atoms with Gasteiger partial charge in [-0.15, -0.1) is 13.2 Å². The van der Waals surface area contributed by atoms with Gasteiger partial charge in [0.15, 0.2) is 11.5 Å². The van der Waals surface area contributed by atoms with Crippen molar-refractivity contribution in [3.8, 4) is 11.5 Å². The highest BCUT2D eigenvalue weighted by atomic mass is 19.4. The summed E-state index contributed by atoms with van der Waals surface area (Å²) in [5.41, 5.74) is 1.33. The Morgan fingerprint density at radius 1 is 1.16 bits per heavy atom. The Labute approximate surface area is 147 Å². The van der Waals surface area contributed by atoms with Gasteiger partial charge in [-0.05, 0) is 61.6 Å². The van der Waals surface area contributed by atoms with Crippen LogP contribution < -0.4 is 9.47 Å². The van der Waals surface area contributed by atoms with E-state index in [1.165, 1.54) is 32.1 Å². The number of hydrogen-bond donors (Lipinski definition) is 0. The Morgan fingerprint density at radius 3 is 2.52 bits per heavy atom. The molecule has 2 nitrogen and oxygen atoms in total. The van der Waals surface area contributed by atoms with Crippen LogP contribution in [0.25, 0.3) is 0 Å². The van der Waals surface area contributed by atoms with Crippen LogP contribution in [0, 0.1) is 18.8 Å². The smallest absolute Gasteiger partial charge is 0.490 e. The van der Waals surface area contributed by atoms with Gasteiger partial charge in [0.05, 0.1) is 6.61 Å². The molecule has 0 amide bonds. The maximum Gasteiger partial charge on any atom is 0.573 e. The predicted octanol–water partition coefficient (Wildman–Crippen LogP) is 5.97. The van der Waals surface area contributed by atoms with Crippen LogP contribution in [0.2, 0.25) is 0 Å². The summed E-state index contributed by atoms with van der Waals surface area (Å²) in [5, 5.41) is 0. The Morgan fingerprint density at radius 2 is 1.92 bits per heavy atom. The maximum absolute atomic E-state index is 12.8. The van der Waals surface area contributed by atoms with Gasteiger partial charge in [-0.3, -0.25) is 0 Å². The van der Waals surface area contributed by atoms with Crippen molar-refractivity contribution < 1.29 is 22.6 Å². The second-order valence-electron chi connectivity index (χ2n) is 7.13. The lowest BCUT2D eigenvalue weighted by molar-refractivity contribution is -0.275. The summed E-state index contributed by atoms with van der Waals surface area (Å²) in [5.74, 6) is 1.29. The van der Waals surface area contributed by atoms with E-state index in [0.29, 0.717) is 30.4 Å². The normalized spacial score (nSPS) is 18.4. The van der Waals surface area contributed by atoms with Crippen molar-refractivity contribution >= 4 is 0 Å². The summed E-state index contributed by atoms with van der Waals surface area (Å²) in [6, 6.07) is 3.45. The average molecular weight is 354 g/mol. The SMILES string of the molecule is Cc1c(C/C=C/C2CC2)ccc(OCCC2CCC2)c1OC(F)(F)F. The van der Waals surface area contributed by atoms with Crippen LogP contribution in [0.15, 0.2) is 24.3 Å². The molecule has 0 unspecified atom stereocenters. The minimum atomic E-state index is -4.72. The van der Waals surface area contributed by atoms with Crippen LogP contribution in [0.4, 0.5) is 13.2 Å². The van der Waals surface area contributed by atoms with Crippen LogP contribution in [0.5, 0.6) is 11.5 Å². The largest absolute Gasteiger partial charge is 0.573 e. The van der Waals surface area contributed by atoms with Gasteiger partial charge in [0.1, 0.15) is 0 Å². The number of ether oxygens (including phenoxy) is 2. The summed E-state index contributed by atoms with van der Waals surface area (Å²) < 4.78 is 48.4. The molecule has 5 heteroatoms. The van der Waals surface area contributed by atoms with Crippen LogP contribution in [-0.2, 0) is 6.42 Å². The highest BCUT2D eigenvalue weighted by Crippen LogP contribution is 2.38. The van der Waals surface area contributed by atoms with E-state index in [4.69, 9.17) is 4.74 Å². The Hall–Kier alpha value is -1.65. The zero-order valence-electron chi connectivity index (χ0n) is 14.6. The second kappa shape index (κ2) is 7.71. The van der Waals surface area contributed by atoms with Gasteiger partial charge in [-0.2, -0.15) is 0 Å². The Kier molecular flexibility index (Phi) is 5.60. The Balaban J connectivity index is 1.70. The molecule has 2 fully saturated rings. The molecular weight excluding hydrogens is 329 g/mol. The fraction of sp³-hybridized carbons (Fsp3) is 0.600. The lowest BCUT2D eigenvalue weighted by Crippen LogP contribution is -2.19. The monoisotopic (exact) mass is 354 g/mol. The van der Waals surface area contributed by atoms with Gasteiger partial charge < -0.3 is 9.47 Å². The molecule has 25 heavy (non-hydrogen) atoms. The van der Waals surface area contributed by atoms with E-state index < -0.39 is 6.36 Å². The quantitative estimate of drug-likeness (QED) is 0.535. The molecule has 0 aliphatic heterocycles. The van der Waals surface area contributed by atoms with E-state index in [1.807, 2.05) is 12.1 Å². The molecule has 0 N–H and O–H groups in total. The van der Waals surface area contributed by atoms with Crippen molar-refractivity contribution in [2.24, 2.45) is 11.8 Å². The summed E-state index contributed by atoms with van der Waals surface area (Å²) in [6.07, 6.45) is 7.02. The molecule has 2 aliphatic rings. The molecule has 2 aliphatic carbocycles. The molecule has 0 aromatic heterocycles. The maximum atomic E-state index is 12.8. The van der Waals surface area contributed by atoms with Gasteiger partial charge >= 0.3 is 6.36 Å². The van der Waals surface area contributed by atoms with Gasteiger partial charge in [0.25, 0.3) is 0 Å². The third-order valence-corrected chi connectivity index (χ3v) is 5.08. The zero-order chi connectivity index (χ0) is 17.9. The number of halogens is 3. The first-order chi connectivity index (χ1) is 11.9. The molecule has 138 valence electrons. The Bertz CT molecular complexity index is 614. The standard InChI is InChI=1S/C20H25F3O2/c1-14-17(7-3-6-16-8-9-16)10-11-18(19(14)25-20(21,22)23)24-13-12-15-4-2-5-15/h3,6,10-11,15-16H,2,4-5,7-9,12-13H2,1H3/b6-3+. The fourth-order valence-corrected chi connectivity index (χ4v) is 3.08. The first-order valence-corrected chi connectivity index (χ1v) is 9.10. The number of alkyl halides is 3. The van der Waals surface area contributed by atoms with E-state index in [0.717, 1.165) is 12.0 Å². The lowest BCUT2D eigenvalue weighted by atomic mass is 9.83. The van der Waals surface area contributed by atoms with Crippen molar-refractivity contribution in [1.29, 1.82) is 0 Å². The molecule has 1 aromatic carbocycles. The molecule has 0 saturated heterocycles. The van der Waals surface area contributed by atoms with Crippen LogP contribution in [-0.4, -0.2) is 13.0 Å². The van der Waals surface area contributed by atoms with Crippen LogP contribution >= 0.6 is 0 Å². The minimum Gasteiger partial charge on any atom is -0.490 e. The van der Waals surface area contributed by atoms with E-state index in [2.05, 4.69) is 10.8 Å². The second-order valence-corrected chi connectivity index (χ2v) is 7.13. The van der Waals surface area contributed by atoms with Crippen molar-refractivity contribution in [1.82, 2.24) is 0 Å². The van der Waals surface area contributed by atoms with Crippen molar-refractivity contribution in [2.45, 2.75) is 58.2 Å². The molecule has 0 heterocycles. The van der Waals surface area contributed by atoms with Crippen molar-refractivity contribution in [3.63, 3.8) is 0 Å². The van der Waals surface area contributed by atoms with E-state index >= 15 is 0 Å². The van der Waals surface area contributed by atoms with Crippen molar-refractivity contribution in [3.05, 3.63) is 35.4 Å². The molecule has 3 rings (SSSR count). The summed E-state index contributed by atoms with van der Waals surface area (Å²) in [6.45, 7) is 2.10.